The highest BCUT2D eigenvalue weighted by atomic mass is 32.2. The van der Waals surface area contributed by atoms with Gasteiger partial charge in [-0.05, 0) is 31.9 Å². The number of sulfonamides is 1. The monoisotopic (exact) mass is 384 g/mol. The van der Waals surface area contributed by atoms with Crippen LogP contribution in [-0.2, 0) is 14.8 Å². The number of nitrogens with one attached hydrogen (secondary N) is 2. The van der Waals surface area contributed by atoms with Gasteiger partial charge in [0, 0.05) is 25.3 Å². The standard InChI is InChI=1S/C15H20N4O4S2/c1-3-23-10-6-9-16-25(21,22)15-19-18-14(24-15)17-13(20)12-8-5-4-7-11(12)2/h4-5,7-8,16H,3,6,9-10H2,1-2H3,(H,17,18,20). The number of ether oxygens (including phenoxy) is 1. The molecule has 25 heavy (non-hydrogen) atoms. The third-order valence-electron chi connectivity index (χ3n) is 3.21. The summed E-state index contributed by atoms with van der Waals surface area (Å²) in [6.45, 7) is 5.00. The van der Waals surface area contributed by atoms with Gasteiger partial charge in [-0.2, -0.15) is 0 Å². The van der Waals surface area contributed by atoms with Crippen LogP contribution in [0.5, 0.6) is 0 Å². The summed E-state index contributed by atoms with van der Waals surface area (Å²) >= 11 is 0.801. The van der Waals surface area contributed by atoms with Crippen molar-refractivity contribution in [1.82, 2.24) is 14.9 Å². The van der Waals surface area contributed by atoms with Crippen LogP contribution in [0.3, 0.4) is 0 Å². The molecular weight excluding hydrogens is 364 g/mol. The normalized spacial score (nSPS) is 11.4. The van der Waals surface area contributed by atoms with E-state index in [0.717, 1.165) is 16.9 Å². The second kappa shape index (κ2) is 8.99. The predicted octanol–water partition coefficient (Wildman–Crippen LogP) is 1.80. The van der Waals surface area contributed by atoms with Crippen molar-refractivity contribution in [3.63, 3.8) is 0 Å². The Morgan fingerprint density at radius 2 is 2.04 bits per heavy atom. The first-order valence-corrected chi connectivity index (χ1v) is 10.0. The average molecular weight is 384 g/mol. The largest absolute Gasteiger partial charge is 0.382 e. The number of benzene rings is 1. The maximum atomic E-state index is 12.2. The molecule has 0 unspecified atom stereocenters. The van der Waals surface area contributed by atoms with Crippen LogP contribution >= 0.6 is 11.3 Å². The molecule has 0 bridgehead atoms. The summed E-state index contributed by atoms with van der Waals surface area (Å²) in [5.74, 6) is -0.358. The first-order valence-electron chi connectivity index (χ1n) is 7.72. The van der Waals surface area contributed by atoms with Gasteiger partial charge in [0.15, 0.2) is 0 Å². The molecule has 0 saturated heterocycles. The topological polar surface area (TPSA) is 110 Å². The van der Waals surface area contributed by atoms with Crippen LogP contribution in [0, 0.1) is 6.92 Å². The Morgan fingerprint density at radius 1 is 1.28 bits per heavy atom. The molecule has 8 nitrogen and oxygen atoms in total. The summed E-state index contributed by atoms with van der Waals surface area (Å²) in [4.78, 5) is 12.2. The van der Waals surface area contributed by atoms with Gasteiger partial charge in [0.1, 0.15) is 0 Å². The number of hydrogen-bond acceptors (Lipinski definition) is 7. The van der Waals surface area contributed by atoms with Crippen molar-refractivity contribution >= 4 is 32.4 Å². The van der Waals surface area contributed by atoms with Crippen LogP contribution in [0.1, 0.15) is 29.3 Å². The number of amides is 1. The molecule has 2 aromatic rings. The predicted molar refractivity (Wildman–Crippen MR) is 95.3 cm³/mol. The van der Waals surface area contributed by atoms with Crippen molar-refractivity contribution in [3.8, 4) is 0 Å². The van der Waals surface area contributed by atoms with Gasteiger partial charge in [-0.3, -0.25) is 10.1 Å². The number of nitrogens with zero attached hydrogens (tertiary/aromatic N) is 2. The Kier molecular flexibility index (Phi) is 7.00. The molecule has 1 heterocycles. The fourth-order valence-electron chi connectivity index (χ4n) is 1.95. The highest BCUT2D eigenvalue weighted by Gasteiger charge is 2.20. The Bertz CT molecular complexity index is 820. The summed E-state index contributed by atoms with van der Waals surface area (Å²) in [5.41, 5.74) is 1.31. The molecule has 10 heteroatoms. The zero-order valence-electron chi connectivity index (χ0n) is 14.0. The molecule has 1 amide bonds. The van der Waals surface area contributed by atoms with Crippen LogP contribution in [-0.4, -0.2) is 44.3 Å². The van der Waals surface area contributed by atoms with Gasteiger partial charge in [-0.1, -0.05) is 29.5 Å². The second-order valence-corrected chi connectivity index (χ2v) is 8.01. The number of carbonyl (C=O) groups is 1. The van der Waals surface area contributed by atoms with Crippen LogP contribution in [0.15, 0.2) is 28.6 Å². The van der Waals surface area contributed by atoms with Gasteiger partial charge in [0.2, 0.25) is 9.47 Å². The summed E-state index contributed by atoms with van der Waals surface area (Å²) in [6.07, 6.45) is 0.558. The lowest BCUT2D eigenvalue weighted by atomic mass is 10.1. The lowest BCUT2D eigenvalue weighted by Crippen LogP contribution is -2.25. The van der Waals surface area contributed by atoms with E-state index in [2.05, 4.69) is 20.2 Å². The van der Waals surface area contributed by atoms with E-state index in [1.165, 1.54) is 0 Å². The Morgan fingerprint density at radius 3 is 2.76 bits per heavy atom. The average Bonchev–Trinajstić information content (AvgIpc) is 3.04. The molecule has 0 aliphatic rings. The van der Waals surface area contributed by atoms with Crippen LogP contribution in [0.4, 0.5) is 5.13 Å². The van der Waals surface area contributed by atoms with E-state index < -0.39 is 10.0 Å². The van der Waals surface area contributed by atoms with Crippen LogP contribution in [0.25, 0.3) is 0 Å². The highest BCUT2D eigenvalue weighted by Crippen LogP contribution is 2.20. The summed E-state index contributed by atoms with van der Waals surface area (Å²) in [7, 11) is -3.75. The van der Waals surface area contributed by atoms with Crippen LogP contribution < -0.4 is 10.0 Å². The van der Waals surface area contributed by atoms with Crippen molar-refractivity contribution < 1.29 is 17.9 Å². The van der Waals surface area contributed by atoms with E-state index >= 15 is 0 Å². The quantitative estimate of drug-likeness (QED) is 0.504. The highest BCUT2D eigenvalue weighted by molar-refractivity contribution is 7.91. The minimum Gasteiger partial charge on any atom is -0.382 e. The first kappa shape index (κ1) is 19.4. The third-order valence-corrected chi connectivity index (χ3v) is 5.88. The molecule has 0 fully saturated rings. The van der Waals surface area contributed by atoms with E-state index in [-0.39, 0.29) is 21.9 Å². The number of anilines is 1. The minimum atomic E-state index is -3.75. The van der Waals surface area contributed by atoms with Gasteiger partial charge < -0.3 is 4.74 Å². The van der Waals surface area contributed by atoms with E-state index in [1.807, 2.05) is 26.0 Å². The fraction of sp³-hybridized carbons (Fsp3) is 0.400. The van der Waals surface area contributed by atoms with Crippen molar-refractivity contribution in [2.75, 3.05) is 25.1 Å². The number of aromatic nitrogens is 2. The van der Waals surface area contributed by atoms with E-state index in [1.54, 1.807) is 12.1 Å². The van der Waals surface area contributed by atoms with Crippen molar-refractivity contribution in [2.24, 2.45) is 0 Å². The molecule has 0 aliphatic carbocycles. The Labute approximate surface area is 150 Å². The van der Waals surface area contributed by atoms with Gasteiger partial charge in [0.25, 0.3) is 15.9 Å². The Balaban J connectivity index is 1.97. The van der Waals surface area contributed by atoms with Crippen molar-refractivity contribution in [2.45, 2.75) is 24.6 Å². The fourth-order valence-corrected chi connectivity index (χ4v) is 3.96. The van der Waals surface area contributed by atoms with Crippen LogP contribution in [0.2, 0.25) is 0 Å². The molecule has 2 rings (SSSR count). The maximum absolute atomic E-state index is 12.2. The van der Waals surface area contributed by atoms with Gasteiger partial charge in [-0.25, -0.2) is 13.1 Å². The number of aryl methyl sites for hydroxylation is 1. The van der Waals surface area contributed by atoms with E-state index in [4.69, 9.17) is 4.74 Å². The molecule has 2 N–H and O–H groups in total. The first-order chi connectivity index (χ1) is 11.9. The number of carbonyl (C=O) groups excluding carboxylic acids is 1. The molecule has 1 aromatic heterocycles. The molecule has 0 saturated carbocycles. The minimum absolute atomic E-state index is 0.128. The third kappa shape index (κ3) is 5.56. The smallest absolute Gasteiger partial charge is 0.269 e. The number of hydrogen-bond donors (Lipinski definition) is 2. The van der Waals surface area contributed by atoms with Crippen molar-refractivity contribution in [1.29, 1.82) is 0 Å². The molecular formula is C15H20N4O4S2. The molecule has 0 spiro atoms. The summed E-state index contributed by atoms with van der Waals surface area (Å²) in [5, 5.41) is 10.1. The zero-order chi connectivity index (χ0) is 18.3. The van der Waals surface area contributed by atoms with Gasteiger partial charge in [0.05, 0.1) is 0 Å². The molecule has 0 aliphatic heterocycles. The maximum Gasteiger partial charge on any atom is 0.269 e. The van der Waals surface area contributed by atoms with Gasteiger partial charge >= 0.3 is 0 Å². The number of rotatable bonds is 9. The van der Waals surface area contributed by atoms with E-state index in [0.29, 0.717) is 25.2 Å². The molecule has 1 aromatic carbocycles. The summed E-state index contributed by atoms with van der Waals surface area (Å²) in [6, 6.07) is 7.09. The summed E-state index contributed by atoms with van der Waals surface area (Å²) < 4.78 is 31.6. The lowest BCUT2D eigenvalue weighted by Gasteiger charge is -2.04. The van der Waals surface area contributed by atoms with Crippen molar-refractivity contribution in [3.05, 3.63) is 35.4 Å². The zero-order valence-corrected chi connectivity index (χ0v) is 15.6. The molecule has 0 atom stereocenters. The Hall–Kier alpha value is -1.88. The molecule has 0 radical (unpaired) electrons. The SMILES string of the molecule is CCOCCCNS(=O)(=O)c1nnc(NC(=O)c2ccccc2C)s1. The second-order valence-electron chi connectivity index (χ2n) is 5.09. The lowest BCUT2D eigenvalue weighted by molar-refractivity contribution is 0.102. The molecule has 136 valence electrons. The van der Waals surface area contributed by atoms with E-state index in [9.17, 15) is 13.2 Å². The van der Waals surface area contributed by atoms with Gasteiger partial charge in [-0.15, -0.1) is 10.2 Å².